The molecular weight excluding hydrogens is 134 g/mol. The smallest absolute Gasteiger partial charge is 0.0122 e. The molecular formula is C10H15N. The van der Waals surface area contributed by atoms with Gasteiger partial charge in [-0.15, -0.1) is 0 Å². The molecule has 0 atom stereocenters. The summed E-state index contributed by atoms with van der Waals surface area (Å²) in [5, 5.41) is 0. The maximum Gasteiger partial charge on any atom is 0.0122 e. The monoisotopic (exact) mass is 149 g/mol. The summed E-state index contributed by atoms with van der Waals surface area (Å²) in [5.41, 5.74) is 7.33. The molecule has 0 aliphatic carbocycles. The highest BCUT2D eigenvalue weighted by Crippen LogP contribution is 2.01. The molecule has 0 spiro atoms. The fourth-order valence-electron chi connectivity index (χ4n) is 0.631. The number of hydrogen-bond acceptors (Lipinski definition) is 1. The van der Waals surface area contributed by atoms with Gasteiger partial charge in [0.25, 0.3) is 0 Å². The highest BCUT2D eigenvalue weighted by atomic mass is 14.6. The number of nitrogens with two attached hydrogens (primary N) is 1. The zero-order valence-corrected chi connectivity index (χ0v) is 7.17. The van der Waals surface area contributed by atoms with Crippen molar-refractivity contribution < 1.29 is 0 Å². The van der Waals surface area contributed by atoms with Crippen LogP contribution in [-0.4, -0.2) is 0 Å². The van der Waals surface area contributed by atoms with E-state index in [9.17, 15) is 0 Å². The van der Waals surface area contributed by atoms with Crippen molar-refractivity contribution in [3.8, 4) is 0 Å². The summed E-state index contributed by atoms with van der Waals surface area (Å²) in [7, 11) is 0. The summed E-state index contributed by atoms with van der Waals surface area (Å²) in [5.74, 6) is 0. The molecule has 0 saturated heterocycles. The zero-order chi connectivity index (χ0) is 8.69. The van der Waals surface area contributed by atoms with Crippen molar-refractivity contribution in [2.75, 3.05) is 0 Å². The summed E-state index contributed by atoms with van der Waals surface area (Å²) < 4.78 is 0. The lowest BCUT2D eigenvalue weighted by Crippen LogP contribution is -1.93. The van der Waals surface area contributed by atoms with Gasteiger partial charge >= 0.3 is 0 Å². The average Bonchev–Trinajstić information content (AvgIpc) is 1.97. The van der Waals surface area contributed by atoms with E-state index in [1.165, 1.54) is 0 Å². The lowest BCUT2D eigenvalue weighted by atomic mass is 10.2. The molecule has 2 N–H and O–H groups in total. The van der Waals surface area contributed by atoms with Crippen molar-refractivity contribution in [1.82, 2.24) is 0 Å². The first kappa shape index (κ1) is 9.76. The summed E-state index contributed by atoms with van der Waals surface area (Å²) in [6.07, 6.45) is 9.53. The Kier molecular flexibility index (Phi) is 4.91. The third kappa shape index (κ3) is 4.20. The Hall–Kier alpha value is -1.24. The maximum atomic E-state index is 5.56. The van der Waals surface area contributed by atoms with Crippen molar-refractivity contribution in [2.24, 2.45) is 5.73 Å². The minimum absolute atomic E-state index is 0.792. The molecule has 0 aromatic rings. The lowest BCUT2D eigenvalue weighted by molar-refractivity contribution is 1.28. The average molecular weight is 149 g/mol. The summed E-state index contributed by atoms with van der Waals surface area (Å²) in [4.78, 5) is 0. The van der Waals surface area contributed by atoms with Crippen molar-refractivity contribution in [2.45, 2.75) is 13.8 Å². The van der Waals surface area contributed by atoms with E-state index in [1.807, 2.05) is 38.2 Å². The molecule has 0 aliphatic rings. The van der Waals surface area contributed by atoms with Gasteiger partial charge in [-0.25, -0.2) is 0 Å². The molecule has 0 fully saturated rings. The fraction of sp³-hybridized carbons (Fsp3) is 0.200. The van der Waals surface area contributed by atoms with Crippen LogP contribution in [0.2, 0.25) is 0 Å². The van der Waals surface area contributed by atoms with Crippen molar-refractivity contribution >= 4 is 0 Å². The van der Waals surface area contributed by atoms with Crippen LogP contribution in [0.4, 0.5) is 0 Å². The lowest BCUT2D eigenvalue weighted by Gasteiger charge is -1.94. The Bertz CT molecular complexity index is 203. The van der Waals surface area contributed by atoms with Gasteiger partial charge in [0.15, 0.2) is 0 Å². The van der Waals surface area contributed by atoms with Crippen LogP contribution in [0, 0.1) is 0 Å². The molecule has 0 amide bonds. The zero-order valence-electron chi connectivity index (χ0n) is 7.17. The van der Waals surface area contributed by atoms with Gasteiger partial charge < -0.3 is 5.73 Å². The molecule has 0 aromatic carbocycles. The van der Waals surface area contributed by atoms with Gasteiger partial charge in [-0.3, -0.25) is 0 Å². The Labute approximate surface area is 68.6 Å². The molecule has 0 unspecified atom stereocenters. The molecule has 0 rings (SSSR count). The van der Waals surface area contributed by atoms with Gasteiger partial charge in [0.2, 0.25) is 0 Å². The van der Waals surface area contributed by atoms with Crippen LogP contribution in [0.1, 0.15) is 13.8 Å². The normalized spacial score (nSPS) is 14.0. The molecule has 0 radical (unpaired) electrons. The third-order valence-electron chi connectivity index (χ3n) is 1.25. The predicted octanol–water partition coefficient (Wildman–Crippen LogP) is 2.54. The van der Waals surface area contributed by atoms with Gasteiger partial charge in [0.05, 0.1) is 0 Å². The van der Waals surface area contributed by atoms with Gasteiger partial charge in [0.1, 0.15) is 0 Å². The number of hydrogen-bond donors (Lipinski definition) is 1. The van der Waals surface area contributed by atoms with Crippen LogP contribution in [0.3, 0.4) is 0 Å². The molecule has 1 heteroatoms. The molecule has 0 aromatic heterocycles. The maximum absolute atomic E-state index is 5.56. The summed E-state index contributed by atoms with van der Waals surface area (Å²) >= 11 is 0. The van der Waals surface area contributed by atoms with Crippen LogP contribution in [0.5, 0.6) is 0 Å². The highest BCUT2D eigenvalue weighted by molar-refractivity contribution is 5.33. The van der Waals surface area contributed by atoms with E-state index < -0.39 is 0 Å². The van der Waals surface area contributed by atoms with Gasteiger partial charge in [-0.05, 0) is 19.4 Å². The minimum Gasteiger partial charge on any atom is -0.402 e. The number of rotatable bonds is 3. The molecule has 11 heavy (non-hydrogen) atoms. The first-order valence-electron chi connectivity index (χ1n) is 3.60. The van der Waals surface area contributed by atoms with E-state index in [1.54, 1.807) is 6.08 Å². The Morgan fingerprint density at radius 3 is 2.36 bits per heavy atom. The second-order valence-electron chi connectivity index (χ2n) is 2.23. The Morgan fingerprint density at radius 1 is 1.36 bits per heavy atom. The van der Waals surface area contributed by atoms with Crippen LogP contribution >= 0.6 is 0 Å². The van der Waals surface area contributed by atoms with Crippen LogP contribution < -0.4 is 5.73 Å². The molecule has 0 heterocycles. The van der Waals surface area contributed by atoms with E-state index >= 15 is 0 Å². The van der Waals surface area contributed by atoms with Crippen molar-refractivity contribution in [3.05, 3.63) is 48.2 Å². The second kappa shape index (κ2) is 5.54. The van der Waals surface area contributed by atoms with E-state index in [2.05, 4.69) is 6.58 Å². The summed E-state index contributed by atoms with van der Waals surface area (Å²) in [6.45, 7) is 7.48. The van der Waals surface area contributed by atoms with Gasteiger partial charge in [0, 0.05) is 5.70 Å². The quantitative estimate of drug-likeness (QED) is 0.613. The van der Waals surface area contributed by atoms with E-state index in [-0.39, 0.29) is 0 Å². The second-order valence-corrected chi connectivity index (χ2v) is 2.23. The minimum atomic E-state index is 0.792. The van der Waals surface area contributed by atoms with Crippen molar-refractivity contribution in [3.63, 3.8) is 0 Å². The fourth-order valence-corrected chi connectivity index (χ4v) is 0.631. The number of allylic oxidation sites excluding steroid dienone is 7. The van der Waals surface area contributed by atoms with E-state index in [4.69, 9.17) is 5.73 Å². The predicted molar refractivity (Wildman–Crippen MR) is 51.0 cm³/mol. The molecule has 0 bridgehead atoms. The Balaban J connectivity index is 4.33. The van der Waals surface area contributed by atoms with Gasteiger partial charge in [-0.2, -0.15) is 0 Å². The van der Waals surface area contributed by atoms with E-state index in [0.717, 1.165) is 11.3 Å². The topological polar surface area (TPSA) is 26.0 Å². The van der Waals surface area contributed by atoms with Crippen LogP contribution in [-0.2, 0) is 0 Å². The van der Waals surface area contributed by atoms with Gasteiger partial charge in [-0.1, -0.05) is 37.0 Å². The van der Waals surface area contributed by atoms with E-state index in [0.29, 0.717) is 0 Å². The molecule has 1 nitrogen and oxygen atoms in total. The standard InChI is InChI=1S/C10H15N/c1-4-6-7-8-10(5-2)9(3)11/h4-8H,2,11H2,1,3H3/b6-4-,8-7-,10-9+. The Morgan fingerprint density at radius 2 is 2.00 bits per heavy atom. The van der Waals surface area contributed by atoms with Crippen LogP contribution in [0.25, 0.3) is 0 Å². The summed E-state index contributed by atoms with van der Waals surface area (Å²) in [6, 6.07) is 0. The van der Waals surface area contributed by atoms with Crippen molar-refractivity contribution in [1.29, 1.82) is 0 Å². The molecule has 0 aliphatic heterocycles. The largest absolute Gasteiger partial charge is 0.402 e. The molecule has 0 saturated carbocycles. The first-order valence-corrected chi connectivity index (χ1v) is 3.60. The van der Waals surface area contributed by atoms with Crippen LogP contribution in [0.15, 0.2) is 48.2 Å². The SMILES string of the molecule is C=CC(/C=C\C=C/C)=C(/C)N. The third-order valence-corrected chi connectivity index (χ3v) is 1.25. The first-order chi connectivity index (χ1) is 5.22. The highest BCUT2D eigenvalue weighted by Gasteiger charge is 1.85. The molecule has 60 valence electrons.